The molecule has 2 aromatic rings. The molecule has 2 rings (SSSR count). The fourth-order valence-corrected chi connectivity index (χ4v) is 2.43. The lowest BCUT2D eigenvalue weighted by Crippen LogP contribution is -2.15. The van der Waals surface area contributed by atoms with Crippen molar-refractivity contribution in [2.75, 3.05) is 7.11 Å². The molecule has 2 nitrogen and oxygen atoms in total. The fraction of sp³-hybridized carbons (Fsp3) is 0.200. The Balaban J connectivity index is 2.25. The molecule has 0 radical (unpaired) electrons. The number of rotatable bonds is 4. The number of hydrogen-bond acceptors (Lipinski definition) is 2. The van der Waals surface area contributed by atoms with Gasteiger partial charge in [-0.2, -0.15) is 0 Å². The molecule has 0 aromatic heterocycles. The van der Waals surface area contributed by atoms with Gasteiger partial charge in [-0.25, -0.2) is 4.39 Å². The van der Waals surface area contributed by atoms with E-state index in [1.54, 1.807) is 19.2 Å². The minimum atomic E-state index is -0.306. The molecule has 0 amide bonds. The van der Waals surface area contributed by atoms with Gasteiger partial charge in [0.25, 0.3) is 0 Å². The zero-order valence-corrected chi connectivity index (χ0v) is 12.2. The normalized spacial score (nSPS) is 12.2. The standard InChI is InChI=1S/C15H15BrFNO/c1-19-15-5-3-2-4-12(15)14(18)9-10-8-11(16)6-7-13(10)17/h2-8,14H,9,18H2,1H3. The highest BCUT2D eigenvalue weighted by molar-refractivity contribution is 9.10. The quantitative estimate of drug-likeness (QED) is 0.927. The molecule has 0 fully saturated rings. The highest BCUT2D eigenvalue weighted by Gasteiger charge is 2.14. The summed E-state index contributed by atoms with van der Waals surface area (Å²) in [5.41, 5.74) is 7.63. The SMILES string of the molecule is COc1ccccc1C(N)Cc1cc(Br)ccc1F. The maximum Gasteiger partial charge on any atom is 0.126 e. The molecular formula is C15H15BrFNO. The van der Waals surface area contributed by atoms with Gasteiger partial charge in [-0.15, -0.1) is 0 Å². The number of ether oxygens (including phenoxy) is 1. The second-order valence-corrected chi connectivity index (χ2v) is 5.20. The molecule has 1 unspecified atom stereocenters. The summed E-state index contributed by atoms with van der Waals surface area (Å²) < 4.78 is 19.8. The number of halogens is 2. The van der Waals surface area contributed by atoms with Crippen LogP contribution in [0.4, 0.5) is 4.39 Å². The molecule has 0 aliphatic heterocycles. The zero-order chi connectivity index (χ0) is 13.8. The van der Waals surface area contributed by atoms with Crippen molar-refractivity contribution in [2.45, 2.75) is 12.5 Å². The van der Waals surface area contributed by atoms with Crippen LogP contribution in [0, 0.1) is 5.82 Å². The van der Waals surface area contributed by atoms with Crippen molar-refractivity contribution in [2.24, 2.45) is 5.73 Å². The summed E-state index contributed by atoms with van der Waals surface area (Å²) in [7, 11) is 1.60. The van der Waals surface area contributed by atoms with E-state index in [1.807, 2.05) is 24.3 Å². The Hall–Kier alpha value is -1.39. The summed E-state index contributed by atoms with van der Waals surface area (Å²) in [5.74, 6) is 0.485. The van der Waals surface area contributed by atoms with Crippen molar-refractivity contribution >= 4 is 15.9 Å². The van der Waals surface area contributed by atoms with Crippen LogP contribution in [0.5, 0.6) is 5.75 Å². The van der Waals surface area contributed by atoms with Gasteiger partial charge in [0.2, 0.25) is 0 Å². The maximum absolute atomic E-state index is 13.7. The van der Waals surface area contributed by atoms with Gasteiger partial charge >= 0.3 is 0 Å². The van der Waals surface area contributed by atoms with Crippen LogP contribution in [0.2, 0.25) is 0 Å². The summed E-state index contributed by atoms with van der Waals surface area (Å²) in [4.78, 5) is 0. The van der Waals surface area contributed by atoms with Crippen LogP contribution in [0.3, 0.4) is 0 Å². The third kappa shape index (κ3) is 3.33. The monoisotopic (exact) mass is 323 g/mol. The van der Waals surface area contributed by atoms with Gasteiger partial charge in [-0.3, -0.25) is 0 Å². The lowest BCUT2D eigenvalue weighted by molar-refractivity contribution is 0.405. The first kappa shape index (κ1) is 14.0. The van der Waals surface area contributed by atoms with Crippen molar-refractivity contribution in [1.82, 2.24) is 0 Å². The second kappa shape index (κ2) is 6.17. The van der Waals surface area contributed by atoms with Crippen molar-refractivity contribution in [3.8, 4) is 5.75 Å². The summed E-state index contributed by atoms with van der Waals surface area (Å²) in [5, 5.41) is 0. The van der Waals surface area contributed by atoms with Gasteiger partial charge < -0.3 is 10.5 Å². The minimum absolute atomic E-state index is 0.242. The van der Waals surface area contributed by atoms with Crippen molar-refractivity contribution in [1.29, 1.82) is 0 Å². The van der Waals surface area contributed by atoms with Crippen LogP contribution in [0.15, 0.2) is 46.9 Å². The molecule has 0 spiro atoms. The summed E-state index contributed by atoms with van der Waals surface area (Å²) >= 11 is 3.34. The predicted molar refractivity (Wildman–Crippen MR) is 77.7 cm³/mol. The van der Waals surface area contributed by atoms with E-state index in [0.717, 1.165) is 15.8 Å². The molecular weight excluding hydrogens is 309 g/mol. The van der Waals surface area contributed by atoms with E-state index in [2.05, 4.69) is 15.9 Å². The second-order valence-electron chi connectivity index (χ2n) is 4.29. The Morgan fingerprint density at radius 3 is 2.74 bits per heavy atom. The van der Waals surface area contributed by atoms with E-state index in [4.69, 9.17) is 10.5 Å². The summed E-state index contributed by atoms with van der Waals surface area (Å²) in [6.45, 7) is 0. The average Bonchev–Trinajstić information content (AvgIpc) is 2.42. The first-order valence-electron chi connectivity index (χ1n) is 5.94. The van der Waals surface area contributed by atoms with Crippen molar-refractivity contribution in [3.05, 3.63) is 63.9 Å². The minimum Gasteiger partial charge on any atom is -0.496 e. The number of para-hydroxylation sites is 1. The Kier molecular flexibility index (Phi) is 4.56. The van der Waals surface area contributed by atoms with Crippen LogP contribution in [-0.4, -0.2) is 7.11 Å². The number of benzene rings is 2. The highest BCUT2D eigenvalue weighted by Crippen LogP contribution is 2.27. The van der Waals surface area contributed by atoms with Gasteiger partial charge in [0.1, 0.15) is 11.6 Å². The molecule has 0 aliphatic rings. The lowest BCUT2D eigenvalue weighted by atomic mass is 9.98. The van der Waals surface area contributed by atoms with Gasteiger partial charge in [-0.1, -0.05) is 34.1 Å². The molecule has 0 bridgehead atoms. The average molecular weight is 324 g/mol. The third-order valence-electron chi connectivity index (χ3n) is 2.99. The number of methoxy groups -OCH3 is 1. The third-order valence-corrected chi connectivity index (χ3v) is 3.48. The van der Waals surface area contributed by atoms with E-state index in [9.17, 15) is 4.39 Å². The first-order chi connectivity index (χ1) is 9.11. The fourth-order valence-electron chi connectivity index (χ4n) is 2.02. The molecule has 0 saturated heterocycles. The zero-order valence-electron chi connectivity index (χ0n) is 10.6. The molecule has 0 aliphatic carbocycles. The molecule has 2 N–H and O–H groups in total. The van der Waals surface area contributed by atoms with E-state index in [0.29, 0.717) is 12.0 Å². The van der Waals surface area contributed by atoms with Gasteiger partial charge in [0.15, 0.2) is 0 Å². The van der Waals surface area contributed by atoms with Gasteiger partial charge in [0, 0.05) is 16.1 Å². The van der Waals surface area contributed by atoms with Crippen LogP contribution in [0.1, 0.15) is 17.2 Å². The van der Waals surface area contributed by atoms with E-state index >= 15 is 0 Å². The maximum atomic E-state index is 13.7. The molecule has 100 valence electrons. The molecule has 0 heterocycles. The summed E-state index contributed by atoms with van der Waals surface area (Å²) in [6.07, 6.45) is 0.422. The van der Waals surface area contributed by atoms with E-state index in [1.165, 1.54) is 6.07 Å². The van der Waals surface area contributed by atoms with Crippen LogP contribution in [-0.2, 0) is 6.42 Å². The molecule has 4 heteroatoms. The Morgan fingerprint density at radius 1 is 1.26 bits per heavy atom. The van der Waals surface area contributed by atoms with Gasteiger partial charge in [-0.05, 0) is 36.2 Å². The van der Waals surface area contributed by atoms with E-state index in [-0.39, 0.29) is 11.9 Å². The highest BCUT2D eigenvalue weighted by atomic mass is 79.9. The molecule has 1 atom stereocenters. The largest absolute Gasteiger partial charge is 0.496 e. The van der Waals surface area contributed by atoms with Crippen LogP contribution >= 0.6 is 15.9 Å². The smallest absolute Gasteiger partial charge is 0.126 e. The topological polar surface area (TPSA) is 35.2 Å². The Bertz CT molecular complexity index is 574. The van der Waals surface area contributed by atoms with Crippen LogP contribution in [0.25, 0.3) is 0 Å². The lowest BCUT2D eigenvalue weighted by Gasteiger charge is -2.16. The van der Waals surface area contributed by atoms with Gasteiger partial charge in [0.05, 0.1) is 7.11 Å². The number of nitrogens with two attached hydrogens (primary N) is 1. The first-order valence-corrected chi connectivity index (χ1v) is 6.73. The number of hydrogen-bond donors (Lipinski definition) is 1. The Labute approximate surface area is 120 Å². The predicted octanol–water partition coefficient (Wildman–Crippen LogP) is 3.84. The molecule has 19 heavy (non-hydrogen) atoms. The van der Waals surface area contributed by atoms with E-state index < -0.39 is 0 Å². The molecule has 2 aromatic carbocycles. The molecule has 0 saturated carbocycles. The van der Waals surface area contributed by atoms with Crippen molar-refractivity contribution < 1.29 is 9.13 Å². The summed E-state index contributed by atoms with van der Waals surface area (Å²) in [6, 6.07) is 12.1. The van der Waals surface area contributed by atoms with Crippen LogP contribution < -0.4 is 10.5 Å². The Morgan fingerprint density at radius 2 is 2.00 bits per heavy atom. The van der Waals surface area contributed by atoms with Crippen molar-refractivity contribution in [3.63, 3.8) is 0 Å².